The molecule has 142 valence electrons. The first-order chi connectivity index (χ1) is 13.1. The summed E-state index contributed by atoms with van der Waals surface area (Å²) in [6.45, 7) is 6.50. The number of rotatable bonds is 6. The SMILES string of the molecule is C=C(NCC1CCN(C(=O)OCc2ccccc2)CC1)c1ccnc(N)n1. The van der Waals surface area contributed by atoms with Gasteiger partial charge in [-0.2, -0.15) is 0 Å². The molecule has 27 heavy (non-hydrogen) atoms. The molecule has 0 saturated carbocycles. The van der Waals surface area contributed by atoms with Crippen molar-refractivity contribution in [1.29, 1.82) is 0 Å². The maximum Gasteiger partial charge on any atom is 0.410 e. The summed E-state index contributed by atoms with van der Waals surface area (Å²) in [5, 5.41) is 3.31. The maximum absolute atomic E-state index is 12.2. The molecule has 0 radical (unpaired) electrons. The van der Waals surface area contributed by atoms with Crippen LogP contribution in [0.25, 0.3) is 5.70 Å². The third-order valence-electron chi connectivity index (χ3n) is 4.67. The van der Waals surface area contributed by atoms with E-state index in [-0.39, 0.29) is 12.0 Å². The zero-order chi connectivity index (χ0) is 19.1. The average Bonchev–Trinajstić information content (AvgIpc) is 2.71. The average molecular weight is 367 g/mol. The van der Waals surface area contributed by atoms with Gasteiger partial charge in [0.25, 0.3) is 0 Å². The number of carbonyl (C=O) groups excluding carboxylic acids is 1. The second kappa shape index (κ2) is 9.02. The number of ether oxygens (including phenoxy) is 1. The molecule has 0 spiro atoms. The van der Waals surface area contributed by atoms with Crippen LogP contribution in [0.4, 0.5) is 10.7 Å². The Bertz CT molecular complexity index is 773. The van der Waals surface area contributed by atoms with Crippen molar-refractivity contribution in [1.82, 2.24) is 20.2 Å². The van der Waals surface area contributed by atoms with E-state index in [9.17, 15) is 4.79 Å². The van der Waals surface area contributed by atoms with E-state index >= 15 is 0 Å². The van der Waals surface area contributed by atoms with E-state index < -0.39 is 0 Å². The van der Waals surface area contributed by atoms with E-state index in [1.54, 1.807) is 17.2 Å². The molecule has 1 saturated heterocycles. The fourth-order valence-electron chi connectivity index (χ4n) is 3.03. The maximum atomic E-state index is 12.2. The van der Waals surface area contributed by atoms with Crippen molar-refractivity contribution in [3.63, 3.8) is 0 Å². The Kier molecular flexibility index (Phi) is 6.25. The third-order valence-corrected chi connectivity index (χ3v) is 4.67. The quantitative estimate of drug-likeness (QED) is 0.815. The summed E-state index contributed by atoms with van der Waals surface area (Å²) >= 11 is 0. The van der Waals surface area contributed by atoms with Gasteiger partial charge in [-0.1, -0.05) is 36.9 Å². The van der Waals surface area contributed by atoms with Gasteiger partial charge in [0.1, 0.15) is 6.61 Å². The van der Waals surface area contributed by atoms with Crippen LogP contribution in [0.1, 0.15) is 24.1 Å². The van der Waals surface area contributed by atoms with Crippen LogP contribution in [-0.2, 0) is 11.3 Å². The van der Waals surface area contributed by atoms with Gasteiger partial charge in [-0.3, -0.25) is 0 Å². The predicted molar refractivity (Wildman–Crippen MR) is 104 cm³/mol. The smallest absolute Gasteiger partial charge is 0.410 e. The Balaban J connectivity index is 1.38. The van der Waals surface area contributed by atoms with Crippen molar-refractivity contribution in [2.45, 2.75) is 19.4 Å². The van der Waals surface area contributed by atoms with E-state index in [1.165, 1.54) is 0 Å². The second-order valence-electron chi connectivity index (χ2n) is 6.63. The molecule has 1 aliphatic rings. The lowest BCUT2D eigenvalue weighted by Crippen LogP contribution is -2.40. The summed E-state index contributed by atoms with van der Waals surface area (Å²) in [7, 11) is 0. The van der Waals surface area contributed by atoms with E-state index in [0.717, 1.165) is 30.6 Å². The number of anilines is 1. The largest absolute Gasteiger partial charge is 0.445 e. The normalized spacial score (nSPS) is 14.6. The monoisotopic (exact) mass is 367 g/mol. The predicted octanol–water partition coefficient (Wildman–Crippen LogP) is 2.67. The highest BCUT2D eigenvalue weighted by Crippen LogP contribution is 2.18. The molecule has 0 unspecified atom stereocenters. The number of carbonyl (C=O) groups is 1. The third kappa shape index (κ3) is 5.44. The van der Waals surface area contributed by atoms with Gasteiger partial charge in [-0.05, 0) is 30.4 Å². The van der Waals surface area contributed by atoms with Gasteiger partial charge in [0.05, 0.1) is 11.4 Å². The molecule has 1 aromatic heterocycles. The molecule has 0 aliphatic carbocycles. The molecule has 1 aromatic carbocycles. The molecule has 7 nitrogen and oxygen atoms in total. The summed E-state index contributed by atoms with van der Waals surface area (Å²) in [5.74, 6) is 0.705. The topological polar surface area (TPSA) is 93.4 Å². The van der Waals surface area contributed by atoms with Gasteiger partial charge in [0.2, 0.25) is 5.95 Å². The first-order valence-electron chi connectivity index (χ1n) is 9.09. The summed E-state index contributed by atoms with van der Waals surface area (Å²) in [5.41, 5.74) is 8.02. The standard InChI is InChI=1S/C20H25N5O2/c1-15(18-7-10-22-19(21)24-18)23-13-16-8-11-25(12-9-16)20(26)27-14-17-5-3-2-4-6-17/h2-7,10,16,23H,1,8-9,11-14H2,(H2,21,22,24). The first-order valence-corrected chi connectivity index (χ1v) is 9.09. The molecule has 1 aliphatic heterocycles. The molecule has 1 fully saturated rings. The van der Waals surface area contributed by atoms with Gasteiger partial charge in [0.15, 0.2) is 0 Å². The van der Waals surface area contributed by atoms with Gasteiger partial charge in [-0.25, -0.2) is 14.8 Å². The van der Waals surface area contributed by atoms with Crippen molar-refractivity contribution >= 4 is 17.7 Å². The lowest BCUT2D eigenvalue weighted by Gasteiger charge is -2.31. The number of likely N-dealkylation sites (tertiary alicyclic amines) is 1. The van der Waals surface area contributed by atoms with Crippen LogP contribution in [0.3, 0.4) is 0 Å². The zero-order valence-electron chi connectivity index (χ0n) is 15.3. The number of nitrogen functional groups attached to an aromatic ring is 1. The Labute approximate surface area is 159 Å². The lowest BCUT2D eigenvalue weighted by atomic mass is 9.97. The number of amides is 1. The number of aromatic nitrogens is 2. The summed E-state index contributed by atoms with van der Waals surface area (Å²) in [4.78, 5) is 22.0. The van der Waals surface area contributed by atoms with Crippen molar-refractivity contribution in [2.75, 3.05) is 25.4 Å². The Hall–Kier alpha value is -3.09. The van der Waals surface area contributed by atoms with Crippen LogP contribution >= 0.6 is 0 Å². The number of hydrogen-bond donors (Lipinski definition) is 2. The highest BCUT2D eigenvalue weighted by Gasteiger charge is 2.23. The van der Waals surface area contributed by atoms with Crippen molar-refractivity contribution in [3.8, 4) is 0 Å². The highest BCUT2D eigenvalue weighted by molar-refractivity contribution is 5.67. The summed E-state index contributed by atoms with van der Waals surface area (Å²) < 4.78 is 5.40. The minimum atomic E-state index is -0.244. The van der Waals surface area contributed by atoms with E-state index in [2.05, 4.69) is 21.9 Å². The minimum absolute atomic E-state index is 0.234. The van der Waals surface area contributed by atoms with Crippen molar-refractivity contribution in [3.05, 3.63) is 60.4 Å². The van der Waals surface area contributed by atoms with Crippen LogP contribution in [0, 0.1) is 5.92 Å². The molecule has 3 rings (SSSR count). The van der Waals surface area contributed by atoms with Crippen LogP contribution in [0.5, 0.6) is 0 Å². The summed E-state index contributed by atoms with van der Waals surface area (Å²) in [6, 6.07) is 11.5. The van der Waals surface area contributed by atoms with Crippen LogP contribution < -0.4 is 11.1 Å². The van der Waals surface area contributed by atoms with Crippen molar-refractivity contribution in [2.24, 2.45) is 5.92 Å². The molecule has 1 amide bonds. The molecule has 3 N–H and O–H groups in total. The van der Waals surface area contributed by atoms with Crippen LogP contribution in [0.15, 0.2) is 49.2 Å². The molecule has 2 aromatic rings. The zero-order valence-corrected chi connectivity index (χ0v) is 15.3. The Morgan fingerprint density at radius 1 is 1.26 bits per heavy atom. The molecule has 2 heterocycles. The number of piperidine rings is 1. The number of nitrogens with zero attached hydrogens (tertiary/aromatic N) is 3. The molecular weight excluding hydrogens is 342 g/mol. The van der Waals surface area contributed by atoms with Gasteiger partial charge in [0, 0.05) is 25.8 Å². The van der Waals surface area contributed by atoms with E-state index in [0.29, 0.717) is 31.3 Å². The van der Waals surface area contributed by atoms with E-state index in [1.807, 2.05) is 30.3 Å². The Morgan fingerprint density at radius 3 is 2.70 bits per heavy atom. The Morgan fingerprint density at radius 2 is 2.00 bits per heavy atom. The van der Waals surface area contributed by atoms with Crippen LogP contribution in [-0.4, -0.2) is 40.6 Å². The number of nitrogens with one attached hydrogen (secondary N) is 1. The van der Waals surface area contributed by atoms with E-state index in [4.69, 9.17) is 10.5 Å². The van der Waals surface area contributed by atoms with Crippen LogP contribution in [0.2, 0.25) is 0 Å². The number of benzene rings is 1. The van der Waals surface area contributed by atoms with Gasteiger partial charge < -0.3 is 20.7 Å². The molecular formula is C20H25N5O2. The minimum Gasteiger partial charge on any atom is -0.445 e. The first kappa shape index (κ1) is 18.7. The lowest BCUT2D eigenvalue weighted by molar-refractivity contribution is 0.0825. The van der Waals surface area contributed by atoms with Gasteiger partial charge in [-0.15, -0.1) is 0 Å². The molecule has 0 bridgehead atoms. The second-order valence-corrected chi connectivity index (χ2v) is 6.63. The highest BCUT2D eigenvalue weighted by atomic mass is 16.6. The number of hydrogen-bond acceptors (Lipinski definition) is 6. The number of nitrogens with two attached hydrogens (primary N) is 1. The van der Waals surface area contributed by atoms with Gasteiger partial charge >= 0.3 is 6.09 Å². The molecule has 7 heteroatoms. The fourth-order valence-corrected chi connectivity index (χ4v) is 3.03. The fraction of sp³-hybridized carbons (Fsp3) is 0.350. The summed E-state index contributed by atoms with van der Waals surface area (Å²) in [6.07, 6.45) is 3.22. The molecule has 0 atom stereocenters. The van der Waals surface area contributed by atoms with Crippen molar-refractivity contribution < 1.29 is 9.53 Å².